The number of likely N-dealkylation sites (N-methyl/N-ethyl adjacent to an activating group) is 1. The number of epoxide rings is 1. The summed E-state index contributed by atoms with van der Waals surface area (Å²) in [5, 5.41) is 9.46. The number of piperidine rings is 1. The number of fused-ring (bicyclic) bond motifs is 5. The van der Waals surface area contributed by atoms with Gasteiger partial charge >= 0.3 is 0 Å². The van der Waals surface area contributed by atoms with Crippen molar-refractivity contribution in [1.82, 2.24) is 4.90 Å². The van der Waals surface area contributed by atoms with Gasteiger partial charge in [-0.05, 0) is 19.9 Å². The fourth-order valence-corrected chi connectivity index (χ4v) is 2.72. The van der Waals surface area contributed by atoms with E-state index in [0.29, 0.717) is 24.3 Å². The lowest BCUT2D eigenvalue weighted by molar-refractivity contribution is 0.00149. The van der Waals surface area contributed by atoms with Crippen LogP contribution in [0.5, 0.6) is 0 Å². The van der Waals surface area contributed by atoms with Gasteiger partial charge in [-0.1, -0.05) is 0 Å². The summed E-state index contributed by atoms with van der Waals surface area (Å²) in [6.07, 6.45) is 2.67. The third-order valence-electron chi connectivity index (χ3n) is 3.39. The molecule has 3 heteroatoms. The van der Waals surface area contributed by atoms with Crippen molar-refractivity contribution in [3.8, 4) is 0 Å². The van der Waals surface area contributed by atoms with E-state index in [0.717, 1.165) is 12.8 Å². The second-order valence-electron chi connectivity index (χ2n) is 3.99. The first kappa shape index (κ1) is 6.40. The number of aliphatic hydroxyl groups is 1. The minimum absolute atomic E-state index is 0.0717. The maximum Gasteiger partial charge on any atom is 0.101 e. The van der Waals surface area contributed by atoms with E-state index in [1.54, 1.807) is 0 Å². The minimum Gasteiger partial charge on any atom is -0.393 e. The second kappa shape index (κ2) is 1.79. The number of hydrogen-bond donors (Lipinski definition) is 1. The zero-order valence-corrected chi connectivity index (χ0v) is 6.60. The molecule has 0 radical (unpaired) electrons. The lowest BCUT2D eigenvalue weighted by Crippen LogP contribution is -2.46. The van der Waals surface area contributed by atoms with E-state index in [4.69, 9.17) is 4.74 Å². The lowest BCUT2D eigenvalue weighted by atomic mass is 10.00. The van der Waals surface area contributed by atoms with Crippen LogP contribution in [-0.2, 0) is 4.74 Å². The summed E-state index contributed by atoms with van der Waals surface area (Å²) in [5.41, 5.74) is 0. The number of hydrogen-bond acceptors (Lipinski definition) is 3. The molecule has 0 saturated carbocycles. The summed E-state index contributed by atoms with van der Waals surface area (Å²) < 4.78 is 5.49. The average molecular weight is 155 g/mol. The fraction of sp³-hybridized carbons (Fsp3) is 1.00. The van der Waals surface area contributed by atoms with E-state index >= 15 is 0 Å². The summed E-state index contributed by atoms with van der Waals surface area (Å²) >= 11 is 0. The summed E-state index contributed by atoms with van der Waals surface area (Å²) in [6.45, 7) is 0. The van der Waals surface area contributed by atoms with Gasteiger partial charge in [-0.2, -0.15) is 0 Å². The standard InChI is InChI=1S/C8H13NO2/c1-9-5-2-4(10)3-6(9)8-7(5)11-8/h4-8,10H,2-3H2,1H3/t4-,5?,6?,7-,8?/m0/s1. The van der Waals surface area contributed by atoms with Crippen LogP contribution in [0.15, 0.2) is 0 Å². The van der Waals surface area contributed by atoms with Gasteiger partial charge in [0.15, 0.2) is 0 Å². The Labute approximate surface area is 65.9 Å². The largest absolute Gasteiger partial charge is 0.393 e. The SMILES string of the molecule is CN1C2C[C@@H](O)CC1[C@@H]1OC21. The first-order chi connectivity index (χ1) is 5.27. The van der Waals surface area contributed by atoms with Crippen molar-refractivity contribution in [3.05, 3.63) is 0 Å². The van der Waals surface area contributed by atoms with Crippen molar-refractivity contribution in [2.24, 2.45) is 0 Å². The molecule has 3 fully saturated rings. The Morgan fingerprint density at radius 3 is 2.36 bits per heavy atom. The van der Waals surface area contributed by atoms with Crippen molar-refractivity contribution < 1.29 is 9.84 Å². The molecule has 0 aliphatic carbocycles. The molecule has 0 aromatic rings. The molecule has 0 amide bonds. The van der Waals surface area contributed by atoms with Crippen molar-refractivity contribution in [1.29, 1.82) is 0 Å². The molecular weight excluding hydrogens is 142 g/mol. The lowest BCUT2D eigenvalue weighted by Gasteiger charge is -2.36. The van der Waals surface area contributed by atoms with E-state index in [-0.39, 0.29) is 6.10 Å². The Morgan fingerprint density at radius 2 is 1.82 bits per heavy atom. The molecule has 2 bridgehead atoms. The molecule has 3 unspecified atom stereocenters. The van der Waals surface area contributed by atoms with E-state index in [2.05, 4.69) is 11.9 Å². The maximum absolute atomic E-state index is 9.46. The Balaban J connectivity index is 1.90. The van der Waals surface area contributed by atoms with Gasteiger partial charge in [-0.3, -0.25) is 4.90 Å². The van der Waals surface area contributed by atoms with Crippen molar-refractivity contribution in [3.63, 3.8) is 0 Å². The van der Waals surface area contributed by atoms with Crippen molar-refractivity contribution >= 4 is 0 Å². The zero-order valence-electron chi connectivity index (χ0n) is 6.60. The van der Waals surface area contributed by atoms with Gasteiger partial charge in [0.25, 0.3) is 0 Å². The first-order valence-electron chi connectivity index (χ1n) is 4.33. The quantitative estimate of drug-likeness (QED) is 0.483. The molecule has 62 valence electrons. The minimum atomic E-state index is -0.0717. The van der Waals surface area contributed by atoms with Gasteiger partial charge in [-0.25, -0.2) is 0 Å². The average Bonchev–Trinajstić information content (AvgIpc) is 2.66. The second-order valence-corrected chi connectivity index (χ2v) is 3.99. The van der Waals surface area contributed by atoms with Crippen LogP contribution in [0.1, 0.15) is 12.8 Å². The molecular formula is C8H13NO2. The van der Waals surface area contributed by atoms with Crippen LogP contribution in [0.3, 0.4) is 0 Å². The number of ether oxygens (including phenoxy) is 1. The highest BCUT2D eigenvalue weighted by atomic mass is 16.6. The fourth-order valence-electron chi connectivity index (χ4n) is 2.72. The highest BCUT2D eigenvalue weighted by Crippen LogP contribution is 2.47. The normalized spacial score (nSPS) is 61.1. The van der Waals surface area contributed by atoms with Crippen LogP contribution in [-0.4, -0.2) is 47.4 Å². The molecule has 11 heavy (non-hydrogen) atoms. The van der Waals surface area contributed by atoms with Gasteiger partial charge in [0.05, 0.1) is 6.10 Å². The molecule has 1 N–H and O–H groups in total. The Bertz CT molecular complexity index is 179. The number of rotatable bonds is 0. The summed E-state index contributed by atoms with van der Waals surface area (Å²) in [7, 11) is 2.15. The van der Waals surface area contributed by atoms with E-state index < -0.39 is 0 Å². The third kappa shape index (κ3) is 0.687. The Kier molecular flexibility index (Phi) is 1.04. The topological polar surface area (TPSA) is 36.0 Å². The predicted octanol–water partition coefficient (Wildman–Crippen LogP) is -0.409. The Morgan fingerprint density at radius 1 is 1.27 bits per heavy atom. The molecule has 3 aliphatic rings. The number of aliphatic hydroxyl groups excluding tert-OH is 1. The van der Waals surface area contributed by atoms with Crippen LogP contribution < -0.4 is 0 Å². The van der Waals surface area contributed by atoms with Gasteiger partial charge in [0.1, 0.15) is 12.2 Å². The van der Waals surface area contributed by atoms with Crippen LogP contribution in [0.25, 0.3) is 0 Å². The monoisotopic (exact) mass is 155 g/mol. The molecule has 3 aliphatic heterocycles. The van der Waals surface area contributed by atoms with Gasteiger partial charge in [0.2, 0.25) is 0 Å². The van der Waals surface area contributed by atoms with Crippen molar-refractivity contribution in [2.45, 2.75) is 43.2 Å². The van der Waals surface area contributed by atoms with Gasteiger partial charge in [-0.15, -0.1) is 0 Å². The van der Waals surface area contributed by atoms with Crippen LogP contribution in [0.4, 0.5) is 0 Å². The number of nitrogens with zero attached hydrogens (tertiary/aromatic N) is 1. The van der Waals surface area contributed by atoms with Gasteiger partial charge in [0, 0.05) is 12.1 Å². The highest BCUT2D eigenvalue weighted by molar-refractivity contribution is 5.13. The van der Waals surface area contributed by atoms with E-state index in [1.165, 1.54) is 0 Å². The summed E-state index contributed by atoms with van der Waals surface area (Å²) in [6, 6.07) is 1.02. The molecule has 3 saturated heterocycles. The maximum atomic E-state index is 9.46. The highest BCUT2D eigenvalue weighted by Gasteiger charge is 2.62. The molecule has 0 spiro atoms. The zero-order chi connectivity index (χ0) is 7.59. The Hall–Kier alpha value is -0.120. The molecule has 0 aromatic carbocycles. The molecule has 5 atom stereocenters. The summed E-state index contributed by atoms with van der Waals surface area (Å²) in [4.78, 5) is 2.38. The van der Waals surface area contributed by atoms with Gasteiger partial charge < -0.3 is 9.84 Å². The summed E-state index contributed by atoms with van der Waals surface area (Å²) in [5.74, 6) is 0. The van der Waals surface area contributed by atoms with E-state index in [1.807, 2.05) is 0 Å². The molecule has 0 aromatic heterocycles. The number of morpholine rings is 1. The molecule has 3 heterocycles. The van der Waals surface area contributed by atoms with Crippen LogP contribution in [0, 0.1) is 0 Å². The van der Waals surface area contributed by atoms with Crippen LogP contribution in [0.2, 0.25) is 0 Å². The first-order valence-corrected chi connectivity index (χ1v) is 4.33. The third-order valence-corrected chi connectivity index (χ3v) is 3.39. The smallest absolute Gasteiger partial charge is 0.101 e. The molecule has 3 nitrogen and oxygen atoms in total. The van der Waals surface area contributed by atoms with Crippen molar-refractivity contribution in [2.75, 3.05) is 7.05 Å². The van der Waals surface area contributed by atoms with Crippen LogP contribution >= 0.6 is 0 Å². The van der Waals surface area contributed by atoms with E-state index in [9.17, 15) is 5.11 Å². The predicted molar refractivity (Wildman–Crippen MR) is 39.2 cm³/mol. The molecule has 3 rings (SSSR count).